The number of fused-ring (bicyclic) bond motifs is 1. The van der Waals surface area contributed by atoms with Crippen molar-refractivity contribution in [3.05, 3.63) is 59.1 Å². The van der Waals surface area contributed by atoms with Gasteiger partial charge in [0, 0.05) is 31.7 Å². The van der Waals surface area contributed by atoms with Crippen molar-refractivity contribution in [2.24, 2.45) is 0 Å². The highest BCUT2D eigenvalue weighted by Gasteiger charge is 2.13. The minimum absolute atomic E-state index is 0.0261. The fourth-order valence-electron chi connectivity index (χ4n) is 3.23. The number of hydrogen-bond donors (Lipinski definition) is 1. The first kappa shape index (κ1) is 20.4. The number of ether oxygens (including phenoxy) is 1. The number of anilines is 1. The Hall–Kier alpha value is -2.37. The molecule has 1 heterocycles. The predicted octanol–water partition coefficient (Wildman–Crippen LogP) is 5.08. The molecule has 0 saturated heterocycles. The van der Waals surface area contributed by atoms with Crippen molar-refractivity contribution < 1.29 is 9.53 Å². The smallest absolute Gasteiger partial charge is 0.226 e. The van der Waals surface area contributed by atoms with Gasteiger partial charge in [0.25, 0.3) is 0 Å². The van der Waals surface area contributed by atoms with E-state index in [2.05, 4.69) is 39.1 Å². The van der Waals surface area contributed by atoms with Crippen LogP contribution in [0.1, 0.15) is 31.2 Å². The zero-order valence-electron chi connectivity index (χ0n) is 16.2. The molecule has 0 radical (unpaired) electrons. The van der Waals surface area contributed by atoms with Gasteiger partial charge in [0.05, 0.1) is 11.0 Å². The van der Waals surface area contributed by atoms with Crippen LogP contribution in [0, 0.1) is 0 Å². The van der Waals surface area contributed by atoms with Crippen LogP contribution in [0.4, 0.5) is 5.95 Å². The number of benzene rings is 2. The largest absolute Gasteiger partial charge is 0.385 e. The lowest BCUT2D eigenvalue weighted by Crippen LogP contribution is -2.16. The number of imidazole rings is 1. The van der Waals surface area contributed by atoms with Crippen molar-refractivity contribution in [2.75, 3.05) is 19.0 Å². The van der Waals surface area contributed by atoms with Crippen molar-refractivity contribution in [1.29, 1.82) is 0 Å². The van der Waals surface area contributed by atoms with Crippen LogP contribution in [0.5, 0.6) is 0 Å². The van der Waals surface area contributed by atoms with Gasteiger partial charge in [-0.1, -0.05) is 41.9 Å². The average Bonchev–Trinajstić information content (AvgIpc) is 3.02. The Balaban J connectivity index is 1.71. The van der Waals surface area contributed by atoms with Gasteiger partial charge in [0.2, 0.25) is 11.9 Å². The zero-order chi connectivity index (χ0) is 19.8. The first-order chi connectivity index (χ1) is 13.7. The number of amides is 1. The number of aromatic nitrogens is 2. The molecular weight excluding hydrogens is 374 g/mol. The lowest BCUT2D eigenvalue weighted by atomic mass is 10.1. The van der Waals surface area contributed by atoms with E-state index in [0.29, 0.717) is 24.0 Å². The van der Waals surface area contributed by atoms with Crippen LogP contribution in [0.2, 0.25) is 5.02 Å². The van der Waals surface area contributed by atoms with Gasteiger partial charge in [-0.25, -0.2) is 4.98 Å². The summed E-state index contributed by atoms with van der Waals surface area (Å²) in [4.78, 5) is 16.9. The van der Waals surface area contributed by atoms with Gasteiger partial charge >= 0.3 is 0 Å². The maximum Gasteiger partial charge on any atom is 0.226 e. The van der Waals surface area contributed by atoms with E-state index in [1.807, 2.05) is 24.3 Å². The Bertz CT molecular complexity index is 909. The highest BCUT2D eigenvalue weighted by molar-refractivity contribution is 6.31. The van der Waals surface area contributed by atoms with Crippen LogP contribution in [-0.4, -0.2) is 29.2 Å². The molecular formula is C22H26ClN3O2. The van der Waals surface area contributed by atoms with Gasteiger partial charge in [-0.15, -0.1) is 0 Å². The molecule has 0 atom stereocenters. The van der Waals surface area contributed by atoms with Crippen molar-refractivity contribution >= 4 is 34.5 Å². The molecule has 0 saturated carbocycles. The van der Waals surface area contributed by atoms with Crippen molar-refractivity contribution in [2.45, 2.75) is 38.6 Å². The van der Waals surface area contributed by atoms with Gasteiger partial charge in [-0.3, -0.25) is 10.1 Å². The molecule has 0 spiro atoms. The van der Waals surface area contributed by atoms with E-state index in [9.17, 15) is 4.79 Å². The summed E-state index contributed by atoms with van der Waals surface area (Å²) in [5, 5.41) is 3.61. The molecule has 1 N–H and O–H groups in total. The minimum Gasteiger partial charge on any atom is -0.385 e. The van der Waals surface area contributed by atoms with Crippen molar-refractivity contribution in [3.63, 3.8) is 0 Å². The van der Waals surface area contributed by atoms with Gasteiger partial charge in [0.1, 0.15) is 0 Å². The van der Waals surface area contributed by atoms with Crippen LogP contribution >= 0.6 is 11.6 Å². The van der Waals surface area contributed by atoms with Crippen molar-refractivity contribution in [3.8, 4) is 0 Å². The summed E-state index contributed by atoms with van der Waals surface area (Å²) < 4.78 is 7.10. The fraction of sp³-hybridized carbons (Fsp3) is 0.364. The quantitative estimate of drug-likeness (QED) is 0.484. The standard InChI is InChI=1S/C22H26ClN3O2/c1-28-15-6-5-11-21(27)25-22-24-19-16-18(23)12-13-20(19)26(22)14-7-10-17-8-3-2-4-9-17/h2-4,8-9,12-13,16H,5-7,10-11,14-15H2,1H3,(H,24,25,27). The second-order valence-corrected chi connectivity index (χ2v) is 7.24. The maximum atomic E-state index is 12.3. The molecule has 0 aliphatic heterocycles. The normalized spacial score (nSPS) is 11.1. The second kappa shape index (κ2) is 10.2. The summed E-state index contributed by atoms with van der Waals surface area (Å²) in [6.07, 6.45) is 4.04. The number of methoxy groups -OCH3 is 1. The summed E-state index contributed by atoms with van der Waals surface area (Å²) >= 11 is 6.12. The Kier molecular flexibility index (Phi) is 7.46. The molecule has 28 heavy (non-hydrogen) atoms. The lowest BCUT2D eigenvalue weighted by Gasteiger charge is -2.10. The van der Waals surface area contributed by atoms with E-state index >= 15 is 0 Å². The summed E-state index contributed by atoms with van der Waals surface area (Å²) in [6, 6.07) is 16.0. The number of aryl methyl sites for hydroxylation is 2. The minimum atomic E-state index is -0.0261. The van der Waals surface area contributed by atoms with Gasteiger partial charge in [-0.2, -0.15) is 0 Å². The van der Waals surface area contributed by atoms with Gasteiger partial charge in [-0.05, 0) is 49.4 Å². The fourth-order valence-corrected chi connectivity index (χ4v) is 3.40. The lowest BCUT2D eigenvalue weighted by molar-refractivity contribution is -0.116. The number of hydrogen-bond acceptors (Lipinski definition) is 3. The molecule has 0 unspecified atom stereocenters. The molecule has 6 heteroatoms. The molecule has 1 amide bonds. The molecule has 0 bridgehead atoms. The van der Waals surface area contributed by atoms with Crippen LogP contribution in [0.3, 0.4) is 0 Å². The molecule has 3 aromatic rings. The van der Waals surface area contributed by atoms with Crippen LogP contribution in [0.15, 0.2) is 48.5 Å². The highest BCUT2D eigenvalue weighted by Crippen LogP contribution is 2.24. The van der Waals surface area contributed by atoms with Gasteiger partial charge < -0.3 is 9.30 Å². The summed E-state index contributed by atoms with van der Waals surface area (Å²) in [5.74, 6) is 0.559. The topological polar surface area (TPSA) is 56.1 Å². The van der Waals surface area contributed by atoms with Crippen molar-refractivity contribution in [1.82, 2.24) is 9.55 Å². The van der Waals surface area contributed by atoms with E-state index in [1.54, 1.807) is 7.11 Å². The zero-order valence-corrected chi connectivity index (χ0v) is 16.9. The number of unbranched alkanes of at least 4 members (excludes halogenated alkanes) is 1. The molecule has 148 valence electrons. The molecule has 0 aliphatic carbocycles. The molecule has 0 aliphatic rings. The van der Waals surface area contributed by atoms with E-state index < -0.39 is 0 Å². The second-order valence-electron chi connectivity index (χ2n) is 6.81. The number of halogens is 1. The van der Waals surface area contributed by atoms with E-state index in [4.69, 9.17) is 16.3 Å². The number of carbonyl (C=O) groups is 1. The van der Waals surface area contributed by atoms with E-state index in [-0.39, 0.29) is 5.91 Å². The third-order valence-electron chi connectivity index (χ3n) is 4.65. The summed E-state index contributed by atoms with van der Waals surface area (Å²) in [7, 11) is 1.67. The summed E-state index contributed by atoms with van der Waals surface area (Å²) in [6.45, 7) is 1.44. The monoisotopic (exact) mass is 399 g/mol. The Labute approximate surface area is 170 Å². The third kappa shape index (κ3) is 5.57. The van der Waals surface area contributed by atoms with E-state index in [1.165, 1.54) is 5.56 Å². The number of nitrogens with zero attached hydrogens (tertiary/aromatic N) is 2. The third-order valence-corrected chi connectivity index (χ3v) is 4.89. The van der Waals surface area contributed by atoms with E-state index in [0.717, 1.165) is 43.3 Å². The van der Waals surface area contributed by atoms with Crippen LogP contribution < -0.4 is 5.32 Å². The van der Waals surface area contributed by atoms with Gasteiger partial charge in [0.15, 0.2) is 0 Å². The average molecular weight is 400 g/mol. The molecule has 1 aromatic heterocycles. The maximum absolute atomic E-state index is 12.3. The molecule has 0 fully saturated rings. The number of carbonyl (C=O) groups excluding carboxylic acids is 1. The Morgan fingerprint density at radius 3 is 2.75 bits per heavy atom. The first-order valence-corrected chi connectivity index (χ1v) is 10.0. The predicted molar refractivity (Wildman–Crippen MR) is 114 cm³/mol. The number of rotatable bonds is 10. The number of nitrogens with one attached hydrogen (secondary N) is 1. The van der Waals surface area contributed by atoms with Crippen LogP contribution in [0.25, 0.3) is 11.0 Å². The molecule has 5 nitrogen and oxygen atoms in total. The summed E-state index contributed by atoms with van der Waals surface area (Å²) in [5.41, 5.74) is 3.08. The molecule has 3 rings (SSSR count). The van der Waals surface area contributed by atoms with Crippen LogP contribution in [-0.2, 0) is 22.5 Å². The highest BCUT2D eigenvalue weighted by atomic mass is 35.5. The Morgan fingerprint density at radius 1 is 1.14 bits per heavy atom. The Morgan fingerprint density at radius 2 is 1.96 bits per heavy atom. The molecule has 2 aromatic carbocycles. The first-order valence-electron chi connectivity index (χ1n) is 9.66. The SMILES string of the molecule is COCCCCC(=O)Nc1nc2cc(Cl)ccc2n1CCCc1ccccc1.